The molecule has 6 nitrogen and oxygen atoms in total. The Hall–Kier alpha value is -3.35. The Morgan fingerprint density at radius 2 is 1.85 bits per heavy atom. The maximum Gasteiger partial charge on any atom is 0.254 e. The van der Waals surface area contributed by atoms with Gasteiger partial charge in [0.2, 0.25) is 5.95 Å². The molecular formula is C19H18FN5O. The van der Waals surface area contributed by atoms with Crippen molar-refractivity contribution in [2.75, 3.05) is 11.9 Å². The summed E-state index contributed by atoms with van der Waals surface area (Å²) in [7, 11) is 0. The summed E-state index contributed by atoms with van der Waals surface area (Å²) in [6, 6.07) is 10.3. The predicted octanol–water partition coefficient (Wildman–Crippen LogP) is 2.60. The molecule has 0 unspecified atom stereocenters. The molecule has 3 rings (SSSR count). The van der Waals surface area contributed by atoms with E-state index in [0.29, 0.717) is 36.6 Å². The van der Waals surface area contributed by atoms with Crippen LogP contribution in [-0.4, -0.2) is 27.4 Å². The van der Waals surface area contributed by atoms with Gasteiger partial charge in [-0.2, -0.15) is 0 Å². The highest BCUT2D eigenvalue weighted by atomic mass is 19.1. The third-order valence-corrected chi connectivity index (χ3v) is 3.73. The van der Waals surface area contributed by atoms with Gasteiger partial charge in [0.05, 0.1) is 5.56 Å². The molecule has 26 heavy (non-hydrogen) atoms. The summed E-state index contributed by atoms with van der Waals surface area (Å²) >= 11 is 0. The maximum absolute atomic E-state index is 13.5. The van der Waals surface area contributed by atoms with E-state index < -0.39 is 0 Å². The summed E-state index contributed by atoms with van der Waals surface area (Å²) < 4.78 is 13.5. The SMILES string of the molecule is O=C(NCc1cccnc1)c1cnc(NCCc2ccccc2F)nc1. The van der Waals surface area contributed by atoms with Crippen LogP contribution in [0, 0.1) is 5.82 Å². The highest BCUT2D eigenvalue weighted by molar-refractivity contribution is 5.93. The van der Waals surface area contributed by atoms with Gasteiger partial charge < -0.3 is 10.6 Å². The molecule has 3 aromatic rings. The number of nitrogens with one attached hydrogen (secondary N) is 2. The average Bonchev–Trinajstić information content (AvgIpc) is 2.69. The Balaban J connectivity index is 1.48. The average molecular weight is 351 g/mol. The van der Waals surface area contributed by atoms with Gasteiger partial charge in [0.1, 0.15) is 5.82 Å². The van der Waals surface area contributed by atoms with Gasteiger partial charge in [-0.1, -0.05) is 24.3 Å². The number of anilines is 1. The van der Waals surface area contributed by atoms with Crippen LogP contribution >= 0.6 is 0 Å². The topological polar surface area (TPSA) is 79.8 Å². The van der Waals surface area contributed by atoms with Gasteiger partial charge in [-0.05, 0) is 29.7 Å². The van der Waals surface area contributed by atoms with Crippen LogP contribution in [0.1, 0.15) is 21.5 Å². The zero-order chi connectivity index (χ0) is 18.2. The normalized spacial score (nSPS) is 10.3. The Labute approximate surface area is 150 Å². The van der Waals surface area contributed by atoms with E-state index in [1.807, 2.05) is 12.1 Å². The fraction of sp³-hybridized carbons (Fsp3) is 0.158. The van der Waals surface area contributed by atoms with Crippen molar-refractivity contribution >= 4 is 11.9 Å². The number of amides is 1. The van der Waals surface area contributed by atoms with Crippen molar-refractivity contribution in [3.05, 3.63) is 83.7 Å². The quantitative estimate of drug-likeness (QED) is 0.684. The first kappa shape index (κ1) is 17.5. The lowest BCUT2D eigenvalue weighted by Crippen LogP contribution is -2.23. The van der Waals surface area contributed by atoms with E-state index in [1.54, 1.807) is 30.6 Å². The first-order valence-electron chi connectivity index (χ1n) is 8.19. The zero-order valence-electron chi connectivity index (χ0n) is 14.0. The zero-order valence-corrected chi connectivity index (χ0v) is 14.0. The third kappa shape index (κ3) is 4.83. The first-order valence-corrected chi connectivity index (χ1v) is 8.19. The van der Waals surface area contributed by atoms with E-state index in [1.165, 1.54) is 18.5 Å². The molecule has 0 spiro atoms. The number of nitrogens with zero attached hydrogens (tertiary/aromatic N) is 3. The summed E-state index contributed by atoms with van der Waals surface area (Å²) in [5.41, 5.74) is 1.91. The second-order valence-corrected chi connectivity index (χ2v) is 5.61. The van der Waals surface area contributed by atoms with E-state index in [2.05, 4.69) is 25.6 Å². The molecule has 0 fully saturated rings. The highest BCUT2D eigenvalue weighted by Gasteiger charge is 2.07. The van der Waals surface area contributed by atoms with Crippen LogP contribution in [0.15, 0.2) is 61.2 Å². The molecule has 0 saturated heterocycles. The smallest absolute Gasteiger partial charge is 0.254 e. The second kappa shape index (κ2) is 8.66. The molecule has 0 aliphatic carbocycles. The molecule has 7 heteroatoms. The number of pyridine rings is 1. The van der Waals surface area contributed by atoms with Crippen molar-refractivity contribution in [2.24, 2.45) is 0 Å². The fourth-order valence-electron chi connectivity index (χ4n) is 2.33. The molecular weight excluding hydrogens is 333 g/mol. The van der Waals surface area contributed by atoms with Gasteiger partial charge in [0, 0.05) is 37.9 Å². The molecule has 0 saturated carbocycles. The Morgan fingerprint density at radius 3 is 2.58 bits per heavy atom. The van der Waals surface area contributed by atoms with Crippen LogP contribution in [0.25, 0.3) is 0 Å². The van der Waals surface area contributed by atoms with Gasteiger partial charge in [-0.15, -0.1) is 0 Å². The minimum atomic E-state index is -0.258. The standard InChI is InChI=1S/C19H18FN5O/c20-17-6-2-1-5-15(17)7-9-22-19-24-12-16(13-25-19)18(26)23-11-14-4-3-8-21-10-14/h1-6,8,10,12-13H,7,9,11H2,(H,23,26)(H,22,24,25). The van der Waals surface area contributed by atoms with E-state index in [0.717, 1.165) is 5.56 Å². The third-order valence-electron chi connectivity index (χ3n) is 3.73. The lowest BCUT2D eigenvalue weighted by atomic mass is 10.1. The number of aromatic nitrogens is 3. The van der Waals surface area contributed by atoms with Crippen LogP contribution in [0.3, 0.4) is 0 Å². The molecule has 2 aromatic heterocycles. The Bertz CT molecular complexity index is 855. The van der Waals surface area contributed by atoms with Gasteiger partial charge in [0.15, 0.2) is 0 Å². The summed E-state index contributed by atoms with van der Waals surface area (Å²) in [5, 5.41) is 5.80. The monoisotopic (exact) mass is 351 g/mol. The van der Waals surface area contributed by atoms with Gasteiger partial charge >= 0.3 is 0 Å². The van der Waals surface area contributed by atoms with E-state index in [9.17, 15) is 9.18 Å². The van der Waals surface area contributed by atoms with Gasteiger partial charge in [-0.3, -0.25) is 9.78 Å². The van der Waals surface area contributed by atoms with Crippen LogP contribution in [0.2, 0.25) is 0 Å². The first-order chi connectivity index (χ1) is 12.7. The molecule has 2 N–H and O–H groups in total. The van der Waals surface area contributed by atoms with Gasteiger partial charge in [0.25, 0.3) is 5.91 Å². The Morgan fingerprint density at radius 1 is 1.04 bits per heavy atom. The van der Waals surface area contributed by atoms with E-state index >= 15 is 0 Å². The summed E-state index contributed by atoms with van der Waals surface area (Å²) in [6.45, 7) is 0.878. The van der Waals surface area contributed by atoms with Crippen LogP contribution in [-0.2, 0) is 13.0 Å². The molecule has 132 valence electrons. The minimum absolute atomic E-state index is 0.226. The largest absolute Gasteiger partial charge is 0.354 e. The molecule has 2 heterocycles. The van der Waals surface area contributed by atoms with Crippen LogP contribution in [0.4, 0.5) is 10.3 Å². The molecule has 1 aromatic carbocycles. The lowest BCUT2D eigenvalue weighted by Gasteiger charge is -2.07. The van der Waals surface area contributed by atoms with E-state index in [-0.39, 0.29) is 11.7 Å². The number of halogens is 1. The number of rotatable bonds is 7. The predicted molar refractivity (Wildman–Crippen MR) is 96.0 cm³/mol. The highest BCUT2D eigenvalue weighted by Crippen LogP contribution is 2.07. The van der Waals surface area contributed by atoms with Crippen LogP contribution < -0.4 is 10.6 Å². The molecule has 0 aliphatic heterocycles. The lowest BCUT2D eigenvalue weighted by molar-refractivity contribution is 0.0950. The summed E-state index contributed by atoms with van der Waals surface area (Å²) in [4.78, 5) is 24.3. The van der Waals surface area contributed by atoms with Crippen molar-refractivity contribution in [2.45, 2.75) is 13.0 Å². The molecule has 0 bridgehead atoms. The number of carbonyl (C=O) groups is 1. The van der Waals surface area contributed by atoms with Crippen molar-refractivity contribution in [1.29, 1.82) is 0 Å². The second-order valence-electron chi connectivity index (χ2n) is 5.61. The molecule has 0 radical (unpaired) electrons. The van der Waals surface area contributed by atoms with Crippen LogP contribution in [0.5, 0.6) is 0 Å². The summed E-state index contributed by atoms with van der Waals surface area (Å²) in [5.74, 6) is -0.0900. The van der Waals surface area contributed by atoms with Crippen molar-refractivity contribution in [3.8, 4) is 0 Å². The number of hydrogen-bond donors (Lipinski definition) is 2. The van der Waals surface area contributed by atoms with E-state index in [4.69, 9.17) is 0 Å². The van der Waals surface area contributed by atoms with Gasteiger partial charge in [-0.25, -0.2) is 14.4 Å². The minimum Gasteiger partial charge on any atom is -0.354 e. The number of hydrogen-bond acceptors (Lipinski definition) is 5. The van der Waals surface area contributed by atoms with Crippen molar-refractivity contribution in [1.82, 2.24) is 20.3 Å². The number of carbonyl (C=O) groups excluding carboxylic acids is 1. The number of benzene rings is 1. The molecule has 0 atom stereocenters. The molecule has 0 aliphatic rings. The van der Waals surface area contributed by atoms with Crippen molar-refractivity contribution in [3.63, 3.8) is 0 Å². The molecule has 1 amide bonds. The maximum atomic E-state index is 13.5. The van der Waals surface area contributed by atoms with Crippen molar-refractivity contribution < 1.29 is 9.18 Å². The fourth-order valence-corrected chi connectivity index (χ4v) is 2.33. The summed E-state index contributed by atoms with van der Waals surface area (Å²) in [6.07, 6.45) is 6.80. The Kier molecular flexibility index (Phi) is 5.82.